The van der Waals surface area contributed by atoms with E-state index in [0.29, 0.717) is 6.04 Å². The maximum Gasteiger partial charge on any atom is 0.213 e. The number of piperidine rings is 1. The first-order valence-electron chi connectivity index (χ1n) is 6.63. The van der Waals surface area contributed by atoms with Crippen molar-refractivity contribution in [3.05, 3.63) is 23.9 Å². The third-order valence-electron chi connectivity index (χ3n) is 3.25. The number of hydrogen-bond acceptors (Lipinski definition) is 3. The van der Waals surface area contributed by atoms with Crippen molar-refractivity contribution in [3.63, 3.8) is 0 Å². The van der Waals surface area contributed by atoms with Crippen LogP contribution in [-0.2, 0) is 0 Å². The number of ether oxygens (including phenoxy) is 1. The van der Waals surface area contributed by atoms with Crippen LogP contribution in [0.15, 0.2) is 18.3 Å². The summed E-state index contributed by atoms with van der Waals surface area (Å²) in [7, 11) is 0. The lowest BCUT2D eigenvalue weighted by Gasteiger charge is -2.23. The summed E-state index contributed by atoms with van der Waals surface area (Å²) in [6, 6.07) is 4.68. The Kier molecular flexibility index (Phi) is 4.80. The molecule has 0 aromatic carbocycles. The van der Waals surface area contributed by atoms with Gasteiger partial charge in [-0.15, -0.1) is 0 Å². The second-order valence-corrected chi connectivity index (χ2v) is 4.81. The smallest absolute Gasteiger partial charge is 0.213 e. The molecule has 0 aliphatic carbocycles. The molecule has 1 fully saturated rings. The fourth-order valence-electron chi connectivity index (χ4n) is 2.26. The van der Waals surface area contributed by atoms with Crippen LogP contribution in [0.1, 0.15) is 37.7 Å². The van der Waals surface area contributed by atoms with E-state index in [1.165, 1.54) is 37.8 Å². The summed E-state index contributed by atoms with van der Waals surface area (Å²) in [5, 5.41) is 3.56. The van der Waals surface area contributed by atoms with Crippen molar-refractivity contribution in [1.29, 1.82) is 0 Å². The maximum absolute atomic E-state index is 5.64. The summed E-state index contributed by atoms with van der Waals surface area (Å²) in [6.07, 6.45) is 8.15. The Bertz CT molecular complexity index is 335. The molecule has 94 valence electrons. The average Bonchev–Trinajstić information content (AvgIpc) is 2.36. The van der Waals surface area contributed by atoms with Crippen molar-refractivity contribution in [2.24, 2.45) is 0 Å². The third kappa shape index (κ3) is 4.35. The number of aromatic nitrogens is 1. The zero-order valence-electron chi connectivity index (χ0n) is 10.6. The van der Waals surface area contributed by atoms with Crippen LogP contribution in [0, 0.1) is 6.92 Å². The van der Waals surface area contributed by atoms with Crippen molar-refractivity contribution in [2.75, 3.05) is 13.2 Å². The Morgan fingerprint density at radius 2 is 2.41 bits per heavy atom. The van der Waals surface area contributed by atoms with Crippen molar-refractivity contribution in [1.82, 2.24) is 10.3 Å². The Balaban J connectivity index is 1.62. The number of nitrogens with one attached hydrogen (secondary N) is 1. The van der Waals surface area contributed by atoms with Gasteiger partial charge in [0.25, 0.3) is 0 Å². The highest BCUT2D eigenvalue weighted by atomic mass is 16.5. The van der Waals surface area contributed by atoms with Crippen LogP contribution < -0.4 is 10.1 Å². The minimum absolute atomic E-state index is 0.706. The normalized spacial score (nSPS) is 20.2. The van der Waals surface area contributed by atoms with Crippen molar-refractivity contribution >= 4 is 0 Å². The Morgan fingerprint density at radius 3 is 3.18 bits per heavy atom. The van der Waals surface area contributed by atoms with Crippen molar-refractivity contribution < 1.29 is 4.74 Å². The zero-order valence-corrected chi connectivity index (χ0v) is 10.6. The van der Waals surface area contributed by atoms with Gasteiger partial charge in [-0.3, -0.25) is 0 Å². The van der Waals surface area contributed by atoms with E-state index in [1.54, 1.807) is 6.20 Å². The fourth-order valence-corrected chi connectivity index (χ4v) is 2.26. The van der Waals surface area contributed by atoms with Gasteiger partial charge in [0, 0.05) is 18.3 Å². The summed E-state index contributed by atoms with van der Waals surface area (Å²) in [4.78, 5) is 4.19. The van der Waals surface area contributed by atoms with Crippen LogP contribution in [0.3, 0.4) is 0 Å². The molecule has 1 unspecified atom stereocenters. The number of hydrogen-bond donors (Lipinski definition) is 1. The van der Waals surface area contributed by atoms with Gasteiger partial charge < -0.3 is 10.1 Å². The minimum atomic E-state index is 0.706. The summed E-state index contributed by atoms with van der Waals surface area (Å²) in [5.41, 5.74) is 1.20. The minimum Gasteiger partial charge on any atom is -0.478 e. The van der Waals surface area contributed by atoms with Gasteiger partial charge in [0.1, 0.15) is 0 Å². The lowest BCUT2D eigenvalue weighted by atomic mass is 10.0. The molecular weight excluding hydrogens is 212 g/mol. The average molecular weight is 234 g/mol. The lowest BCUT2D eigenvalue weighted by Crippen LogP contribution is -2.34. The molecule has 0 radical (unpaired) electrons. The Labute approximate surface area is 104 Å². The summed E-state index contributed by atoms with van der Waals surface area (Å²) >= 11 is 0. The van der Waals surface area contributed by atoms with Gasteiger partial charge in [0.15, 0.2) is 0 Å². The van der Waals surface area contributed by atoms with E-state index < -0.39 is 0 Å². The van der Waals surface area contributed by atoms with Gasteiger partial charge in [-0.25, -0.2) is 4.98 Å². The molecule has 1 aliphatic rings. The molecule has 1 N–H and O–H groups in total. The molecule has 1 aromatic rings. The lowest BCUT2D eigenvalue weighted by molar-refractivity contribution is 0.276. The molecule has 1 aliphatic heterocycles. The highest BCUT2D eigenvalue weighted by molar-refractivity contribution is 5.18. The highest BCUT2D eigenvalue weighted by Crippen LogP contribution is 2.13. The molecule has 0 saturated carbocycles. The van der Waals surface area contributed by atoms with Crippen LogP contribution in [0.5, 0.6) is 5.88 Å². The van der Waals surface area contributed by atoms with Crippen LogP contribution in [-0.4, -0.2) is 24.2 Å². The molecule has 1 saturated heterocycles. The van der Waals surface area contributed by atoms with E-state index >= 15 is 0 Å². The van der Waals surface area contributed by atoms with Crippen molar-refractivity contribution in [3.8, 4) is 5.88 Å². The molecule has 3 heteroatoms. The highest BCUT2D eigenvalue weighted by Gasteiger charge is 2.11. The summed E-state index contributed by atoms with van der Waals surface area (Å²) in [6.45, 7) is 4.01. The molecule has 17 heavy (non-hydrogen) atoms. The maximum atomic E-state index is 5.64. The quantitative estimate of drug-likeness (QED) is 0.795. The van der Waals surface area contributed by atoms with E-state index in [2.05, 4.69) is 17.2 Å². The van der Waals surface area contributed by atoms with Gasteiger partial charge >= 0.3 is 0 Å². The van der Waals surface area contributed by atoms with E-state index in [-0.39, 0.29) is 0 Å². The zero-order chi connectivity index (χ0) is 11.9. The Morgan fingerprint density at radius 1 is 1.47 bits per heavy atom. The molecule has 2 heterocycles. The number of nitrogens with zero attached hydrogens (tertiary/aromatic N) is 1. The number of aryl methyl sites for hydroxylation is 1. The SMILES string of the molecule is Cc1ccnc(OCCCC2CCCCN2)c1. The van der Waals surface area contributed by atoms with Crippen LogP contribution >= 0.6 is 0 Å². The summed E-state index contributed by atoms with van der Waals surface area (Å²) < 4.78 is 5.64. The molecule has 3 nitrogen and oxygen atoms in total. The fraction of sp³-hybridized carbons (Fsp3) is 0.643. The van der Waals surface area contributed by atoms with Crippen LogP contribution in [0.25, 0.3) is 0 Å². The molecule has 0 amide bonds. The van der Waals surface area contributed by atoms with E-state index in [0.717, 1.165) is 18.9 Å². The van der Waals surface area contributed by atoms with Gasteiger partial charge in [-0.1, -0.05) is 6.42 Å². The second-order valence-electron chi connectivity index (χ2n) is 4.81. The van der Waals surface area contributed by atoms with E-state index in [1.807, 2.05) is 12.1 Å². The van der Waals surface area contributed by atoms with Gasteiger partial charge in [-0.2, -0.15) is 0 Å². The third-order valence-corrected chi connectivity index (χ3v) is 3.25. The van der Waals surface area contributed by atoms with Gasteiger partial charge in [0.05, 0.1) is 6.61 Å². The first-order valence-corrected chi connectivity index (χ1v) is 6.63. The number of rotatable bonds is 5. The Hall–Kier alpha value is -1.09. The van der Waals surface area contributed by atoms with Crippen LogP contribution in [0.4, 0.5) is 0 Å². The molecular formula is C14H22N2O. The molecule has 1 atom stereocenters. The first kappa shape index (κ1) is 12.4. The second kappa shape index (κ2) is 6.60. The molecule has 0 spiro atoms. The first-order chi connectivity index (χ1) is 8.34. The van der Waals surface area contributed by atoms with E-state index in [9.17, 15) is 0 Å². The predicted octanol–water partition coefficient (Wildman–Crippen LogP) is 2.69. The van der Waals surface area contributed by atoms with Crippen molar-refractivity contribution in [2.45, 2.75) is 45.1 Å². The molecule has 2 rings (SSSR count). The van der Waals surface area contributed by atoms with E-state index in [4.69, 9.17) is 4.74 Å². The van der Waals surface area contributed by atoms with Gasteiger partial charge in [-0.05, 0) is 50.8 Å². The largest absolute Gasteiger partial charge is 0.478 e. The topological polar surface area (TPSA) is 34.1 Å². The van der Waals surface area contributed by atoms with Crippen LogP contribution in [0.2, 0.25) is 0 Å². The monoisotopic (exact) mass is 234 g/mol. The van der Waals surface area contributed by atoms with Gasteiger partial charge in [0.2, 0.25) is 5.88 Å². The molecule has 1 aromatic heterocycles. The predicted molar refractivity (Wildman–Crippen MR) is 69.3 cm³/mol. The standard InChI is InChI=1S/C14H22N2O/c1-12-7-9-16-14(11-12)17-10-4-6-13-5-2-3-8-15-13/h7,9,11,13,15H,2-6,8,10H2,1H3. The summed E-state index contributed by atoms with van der Waals surface area (Å²) in [5.74, 6) is 0.751. The molecule has 0 bridgehead atoms. The number of pyridine rings is 1.